The number of aryl methyl sites for hydroxylation is 2. The number of rotatable bonds is 4. The van der Waals surface area contributed by atoms with Crippen LogP contribution in [0, 0.1) is 19.8 Å². The van der Waals surface area contributed by atoms with E-state index in [1.165, 1.54) is 0 Å². The molecule has 1 aliphatic rings. The lowest BCUT2D eigenvalue weighted by molar-refractivity contribution is -0.119. The van der Waals surface area contributed by atoms with Crippen molar-refractivity contribution >= 4 is 11.6 Å². The van der Waals surface area contributed by atoms with E-state index in [0.717, 1.165) is 24.0 Å². The van der Waals surface area contributed by atoms with Gasteiger partial charge in [0.05, 0.1) is 6.42 Å². The summed E-state index contributed by atoms with van der Waals surface area (Å²) in [7, 11) is 0. The van der Waals surface area contributed by atoms with Crippen molar-refractivity contribution < 1.29 is 9.59 Å². The summed E-state index contributed by atoms with van der Waals surface area (Å²) in [5.41, 5.74) is 2.72. The third-order valence-corrected chi connectivity index (χ3v) is 3.06. The molecule has 0 amide bonds. The minimum absolute atomic E-state index is 0.0295. The van der Waals surface area contributed by atoms with E-state index in [2.05, 4.69) is 0 Å². The summed E-state index contributed by atoms with van der Waals surface area (Å²) in [5, 5.41) is 0. The molecule has 0 aromatic heterocycles. The van der Waals surface area contributed by atoms with Crippen molar-refractivity contribution in [2.45, 2.75) is 33.1 Å². The molecule has 1 fully saturated rings. The topological polar surface area (TPSA) is 34.1 Å². The molecule has 0 spiro atoms. The van der Waals surface area contributed by atoms with Crippen LogP contribution in [0.2, 0.25) is 0 Å². The molecule has 2 rings (SSSR count). The molecule has 0 saturated heterocycles. The molecule has 0 N–H and O–H groups in total. The molecular formula is C14H16O2. The second kappa shape index (κ2) is 4.20. The highest BCUT2D eigenvalue weighted by Crippen LogP contribution is 2.31. The maximum atomic E-state index is 11.9. The van der Waals surface area contributed by atoms with Crippen LogP contribution in [-0.2, 0) is 4.79 Å². The Hall–Kier alpha value is -1.44. The van der Waals surface area contributed by atoms with E-state index in [1.54, 1.807) is 0 Å². The first-order valence-electron chi connectivity index (χ1n) is 5.71. The fourth-order valence-corrected chi connectivity index (χ4v) is 1.84. The van der Waals surface area contributed by atoms with Gasteiger partial charge in [-0.3, -0.25) is 9.59 Å². The van der Waals surface area contributed by atoms with E-state index < -0.39 is 0 Å². The standard InChI is InChI=1S/C14H16O2/c1-9-3-4-10(2)12(7-9)14(16)8-13(15)11-5-6-11/h3-4,7,11H,5-6,8H2,1-2H3. The summed E-state index contributed by atoms with van der Waals surface area (Å²) >= 11 is 0. The predicted octanol–water partition coefficient (Wildman–Crippen LogP) is 2.86. The lowest BCUT2D eigenvalue weighted by atomic mass is 9.98. The average Bonchev–Trinajstić information content (AvgIpc) is 3.04. The van der Waals surface area contributed by atoms with Gasteiger partial charge in [0, 0.05) is 11.5 Å². The number of Topliss-reactive ketones (excluding diaryl/α,β-unsaturated/α-hetero) is 2. The molecule has 1 aromatic carbocycles. The Kier molecular flexibility index (Phi) is 2.90. The molecule has 84 valence electrons. The van der Waals surface area contributed by atoms with Gasteiger partial charge >= 0.3 is 0 Å². The summed E-state index contributed by atoms with van der Waals surface area (Å²) in [6.45, 7) is 3.87. The van der Waals surface area contributed by atoms with E-state index in [9.17, 15) is 9.59 Å². The molecule has 1 aromatic rings. The molecule has 0 unspecified atom stereocenters. The van der Waals surface area contributed by atoms with Crippen molar-refractivity contribution in [2.24, 2.45) is 5.92 Å². The maximum Gasteiger partial charge on any atom is 0.170 e. The molecule has 2 heteroatoms. The Bertz CT molecular complexity index is 442. The summed E-state index contributed by atoms with van der Waals surface area (Å²) < 4.78 is 0. The Balaban J connectivity index is 2.13. The zero-order valence-corrected chi connectivity index (χ0v) is 9.75. The zero-order valence-electron chi connectivity index (χ0n) is 9.75. The van der Waals surface area contributed by atoms with Crippen LogP contribution in [0.3, 0.4) is 0 Å². The first-order valence-corrected chi connectivity index (χ1v) is 5.71. The first kappa shape index (κ1) is 11.1. The van der Waals surface area contributed by atoms with E-state index in [1.807, 2.05) is 32.0 Å². The van der Waals surface area contributed by atoms with E-state index in [-0.39, 0.29) is 23.9 Å². The number of benzene rings is 1. The van der Waals surface area contributed by atoms with Crippen LogP contribution >= 0.6 is 0 Å². The second-order valence-corrected chi connectivity index (χ2v) is 4.66. The summed E-state index contributed by atoms with van der Waals surface area (Å²) in [6.07, 6.45) is 2.02. The molecule has 0 bridgehead atoms. The number of hydrogen-bond donors (Lipinski definition) is 0. The fourth-order valence-electron chi connectivity index (χ4n) is 1.84. The number of ketones is 2. The van der Waals surface area contributed by atoms with Crippen LogP contribution < -0.4 is 0 Å². The molecular weight excluding hydrogens is 200 g/mol. The molecule has 2 nitrogen and oxygen atoms in total. The van der Waals surface area contributed by atoms with Gasteiger partial charge in [-0.25, -0.2) is 0 Å². The minimum atomic E-state index is -0.0295. The highest BCUT2D eigenvalue weighted by atomic mass is 16.1. The van der Waals surface area contributed by atoms with Crippen LogP contribution in [-0.4, -0.2) is 11.6 Å². The molecule has 0 aliphatic heterocycles. The van der Waals surface area contributed by atoms with Crippen molar-refractivity contribution in [3.05, 3.63) is 34.9 Å². The third kappa shape index (κ3) is 2.38. The second-order valence-electron chi connectivity index (χ2n) is 4.66. The SMILES string of the molecule is Cc1ccc(C)c(C(=O)CC(=O)C2CC2)c1. The maximum absolute atomic E-state index is 11.9. The zero-order chi connectivity index (χ0) is 11.7. The monoisotopic (exact) mass is 216 g/mol. The van der Waals surface area contributed by atoms with Crippen molar-refractivity contribution in [1.29, 1.82) is 0 Å². The van der Waals surface area contributed by atoms with Crippen LogP contribution in [0.5, 0.6) is 0 Å². The first-order chi connectivity index (χ1) is 7.58. The average molecular weight is 216 g/mol. The van der Waals surface area contributed by atoms with Gasteiger partial charge in [-0.2, -0.15) is 0 Å². The highest BCUT2D eigenvalue weighted by Gasteiger charge is 2.30. The molecule has 0 radical (unpaired) electrons. The third-order valence-electron chi connectivity index (χ3n) is 3.06. The fraction of sp³-hybridized carbons (Fsp3) is 0.429. The summed E-state index contributed by atoms with van der Waals surface area (Å²) in [4.78, 5) is 23.5. The van der Waals surface area contributed by atoms with Gasteiger partial charge in [0.1, 0.15) is 5.78 Å². The number of hydrogen-bond acceptors (Lipinski definition) is 2. The van der Waals surface area contributed by atoms with Crippen molar-refractivity contribution in [3.63, 3.8) is 0 Å². The molecule has 1 saturated carbocycles. The Morgan fingerprint density at radius 1 is 1.25 bits per heavy atom. The lowest BCUT2D eigenvalue weighted by Crippen LogP contribution is -2.11. The molecule has 0 atom stereocenters. The van der Waals surface area contributed by atoms with Crippen LogP contribution in [0.1, 0.15) is 40.7 Å². The van der Waals surface area contributed by atoms with Crippen molar-refractivity contribution in [3.8, 4) is 0 Å². The van der Waals surface area contributed by atoms with Gasteiger partial charge in [-0.15, -0.1) is 0 Å². The van der Waals surface area contributed by atoms with E-state index in [0.29, 0.717) is 5.56 Å². The molecule has 1 aliphatic carbocycles. The minimum Gasteiger partial charge on any atom is -0.299 e. The van der Waals surface area contributed by atoms with Gasteiger partial charge < -0.3 is 0 Å². The van der Waals surface area contributed by atoms with E-state index >= 15 is 0 Å². The Morgan fingerprint density at radius 3 is 2.56 bits per heavy atom. The largest absolute Gasteiger partial charge is 0.299 e. The van der Waals surface area contributed by atoms with Crippen molar-refractivity contribution in [1.82, 2.24) is 0 Å². The Labute approximate surface area is 95.7 Å². The van der Waals surface area contributed by atoms with Gasteiger partial charge in [-0.1, -0.05) is 17.7 Å². The van der Waals surface area contributed by atoms with Crippen molar-refractivity contribution in [2.75, 3.05) is 0 Å². The van der Waals surface area contributed by atoms with Crippen LogP contribution in [0.25, 0.3) is 0 Å². The quantitative estimate of drug-likeness (QED) is 0.573. The van der Waals surface area contributed by atoms with Gasteiger partial charge in [0.2, 0.25) is 0 Å². The smallest absolute Gasteiger partial charge is 0.170 e. The van der Waals surface area contributed by atoms with Gasteiger partial charge in [0.25, 0.3) is 0 Å². The lowest BCUT2D eigenvalue weighted by Gasteiger charge is -2.05. The normalized spacial score (nSPS) is 14.9. The van der Waals surface area contributed by atoms with Crippen LogP contribution in [0.15, 0.2) is 18.2 Å². The number of carbonyl (C=O) groups is 2. The highest BCUT2D eigenvalue weighted by molar-refractivity contribution is 6.09. The predicted molar refractivity (Wildman–Crippen MR) is 62.6 cm³/mol. The van der Waals surface area contributed by atoms with Gasteiger partial charge in [0.15, 0.2) is 5.78 Å². The summed E-state index contributed by atoms with van der Waals surface area (Å²) in [6, 6.07) is 5.79. The number of carbonyl (C=O) groups excluding carboxylic acids is 2. The molecule has 0 heterocycles. The molecule has 16 heavy (non-hydrogen) atoms. The Morgan fingerprint density at radius 2 is 1.94 bits per heavy atom. The summed E-state index contributed by atoms with van der Waals surface area (Å²) in [5.74, 6) is 0.262. The van der Waals surface area contributed by atoms with Crippen LogP contribution in [0.4, 0.5) is 0 Å². The van der Waals surface area contributed by atoms with E-state index in [4.69, 9.17) is 0 Å². The van der Waals surface area contributed by atoms with Gasteiger partial charge in [-0.05, 0) is 38.3 Å².